The molecule has 0 unspecified atom stereocenters. The summed E-state index contributed by atoms with van der Waals surface area (Å²) >= 11 is 7.34. The number of carbonyl (C=O) groups excluding carboxylic acids is 3. The van der Waals surface area contributed by atoms with Gasteiger partial charge in [-0.3, -0.25) is 9.59 Å². The third kappa shape index (κ3) is 7.20. The summed E-state index contributed by atoms with van der Waals surface area (Å²) in [6, 6.07) is 8.60. The molecule has 7 nitrogen and oxygen atoms in total. The highest BCUT2D eigenvalue weighted by Gasteiger charge is 2.32. The van der Waals surface area contributed by atoms with Gasteiger partial charge in [-0.2, -0.15) is 13.2 Å². The second-order valence-corrected chi connectivity index (χ2v) is 11.2. The maximum absolute atomic E-state index is 13.0. The van der Waals surface area contributed by atoms with E-state index in [0.29, 0.717) is 22.0 Å². The Morgan fingerprint density at radius 3 is 2.49 bits per heavy atom. The molecule has 1 aromatic heterocycles. The van der Waals surface area contributed by atoms with Crippen LogP contribution in [0.15, 0.2) is 42.5 Å². The molecule has 1 heterocycles. The summed E-state index contributed by atoms with van der Waals surface area (Å²) in [6.45, 7) is 5.52. The van der Waals surface area contributed by atoms with Gasteiger partial charge in [-0.15, -0.1) is 11.3 Å². The number of esters is 1. The van der Waals surface area contributed by atoms with Crippen LogP contribution in [0.5, 0.6) is 5.75 Å². The monoisotopic (exact) mass is 608 g/mol. The molecular formula is C29H28ClF3N2O5S. The summed E-state index contributed by atoms with van der Waals surface area (Å²) in [5, 5.41) is 5.59. The number of hydrogen-bond donors (Lipinski definition) is 2. The molecule has 218 valence electrons. The van der Waals surface area contributed by atoms with Gasteiger partial charge in [-0.25, -0.2) is 4.79 Å². The predicted molar refractivity (Wildman–Crippen MR) is 151 cm³/mol. The molecule has 0 fully saturated rings. The summed E-state index contributed by atoms with van der Waals surface area (Å²) in [5.74, 6) is -0.863. The molecule has 0 aliphatic heterocycles. The highest BCUT2D eigenvalue weighted by molar-refractivity contribution is 7.17. The number of hydrogen-bond acceptors (Lipinski definition) is 6. The van der Waals surface area contributed by atoms with Crippen LogP contribution in [0.2, 0.25) is 5.02 Å². The van der Waals surface area contributed by atoms with Gasteiger partial charge in [0, 0.05) is 10.4 Å². The second kappa shape index (κ2) is 12.5. The fourth-order valence-electron chi connectivity index (χ4n) is 4.41. The van der Waals surface area contributed by atoms with Crippen molar-refractivity contribution in [2.75, 3.05) is 17.2 Å². The lowest BCUT2D eigenvalue weighted by Crippen LogP contribution is -2.30. The Kier molecular flexibility index (Phi) is 9.28. The molecule has 1 aliphatic carbocycles. The number of alkyl halides is 3. The Bertz CT molecular complexity index is 1460. The first-order valence-electron chi connectivity index (χ1n) is 12.9. The van der Waals surface area contributed by atoms with Crippen molar-refractivity contribution >= 4 is 51.4 Å². The lowest BCUT2D eigenvalue weighted by Gasteiger charge is -2.18. The van der Waals surface area contributed by atoms with Gasteiger partial charge in [-0.05, 0) is 87.1 Å². The minimum absolute atomic E-state index is 0.0545. The van der Waals surface area contributed by atoms with Gasteiger partial charge in [0.05, 0.1) is 28.4 Å². The van der Waals surface area contributed by atoms with Gasteiger partial charge >= 0.3 is 12.1 Å². The molecule has 4 rings (SSSR count). The van der Waals surface area contributed by atoms with Crippen molar-refractivity contribution < 1.29 is 37.0 Å². The van der Waals surface area contributed by atoms with E-state index >= 15 is 0 Å². The molecule has 0 saturated heterocycles. The number of halogens is 4. The second-order valence-electron chi connectivity index (χ2n) is 9.70. The van der Waals surface area contributed by atoms with Crippen molar-refractivity contribution in [1.82, 2.24) is 0 Å². The van der Waals surface area contributed by atoms with Crippen LogP contribution < -0.4 is 15.4 Å². The third-order valence-corrected chi connectivity index (χ3v) is 8.07. The molecular weight excluding hydrogens is 581 g/mol. The van der Waals surface area contributed by atoms with E-state index < -0.39 is 35.6 Å². The van der Waals surface area contributed by atoms with Crippen LogP contribution >= 0.6 is 22.9 Å². The zero-order valence-electron chi connectivity index (χ0n) is 22.5. The number of carbonyl (C=O) groups is 3. The van der Waals surface area contributed by atoms with Gasteiger partial charge < -0.3 is 20.1 Å². The summed E-state index contributed by atoms with van der Waals surface area (Å²) < 4.78 is 49.9. The SMILES string of the molecule is CCOC(=O)c1c(NC(=O)c2ccc(O[C@H](C)C(=O)Nc3cc(C(F)(F)F)ccc3Cl)cc2)sc2c1CC[C@H](C)C2. The Morgan fingerprint density at radius 2 is 1.83 bits per heavy atom. The van der Waals surface area contributed by atoms with E-state index in [-0.39, 0.29) is 23.1 Å². The molecule has 1 aliphatic rings. The van der Waals surface area contributed by atoms with Gasteiger partial charge in [0.1, 0.15) is 10.8 Å². The number of thiophene rings is 1. The molecule has 0 bridgehead atoms. The lowest BCUT2D eigenvalue weighted by atomic mass is 9.88. The van der Waals surface area contributed by atoms with Crippen molar-refractivity contribution in [2.45, 2.75) is 52.3 Å². The number of nitrogens with one attached hydrogen (secondary N) is 2. The number of ether oxygens (including phenoxy) is 2. The van der Waals surface area contributed by atoms with Gasteiger partial charge in [0.15, 0.2) is 6.10 Å². The minimum atomic E-state index is -4.60. The van der Waals surface area contributed by atoms with Crippen molar-refractivity contribution in [3.05, 3.63) is 74.6 Å². The van der Waals surface area contributed by atoms with Crippen molar-refractivity contribution in [2.24, 2.45) is 5.92 Å². The largest absolute Gasteiger partial charge is 0.481 e. The summed E-state index contributed by atoms with van der Waals surface area (Å²) in [6.07, 6.45) is -3.15. The van der Waals surface area contributed by atoms with E-state index in [1.54, 1.807) is 6.92 Å². The number of benzene rings is 2. The molecule has 2 amide bonds. The average Bonchev–Trinajstić information content (AvgIpc) is 3.26. The first-order chi connectivity index (χ1) is 19.4. The van der Waals surface area contributed by atoms with E-state index in [9.17, 15) is 27.6 Å². The zero-order chi connectivity index (χ0) is 29.9. The maximum Gasteiger partial charge on any atom is 0.416 e. The summed E-state index contributed by atoms with van der Waals surface area (Å²) in [7, 11) is 0. The Labute approximate surface area is 244 Å². The first kappa shape index (κ1) is 30.4. The highest BCUT2D eigenvalue weighted by Crippen LogP contribution is 2.40. The highest BCUT2D eigenvalue weighted by atomic mass is 35.5. The summed E-state index contributed by atoms with van der Waals surface area (Å²) in [4.78, 5) is 39.4. The third-order valence-electron chi connectivity index (χ3n) is 6.57. The van der Waals surface area contributed by atoms with Crippen LogP contribution in [0.3, 0.4) is 0 Å². The molecule has 2 N–H and O–H groups in total. The van der Waals surface area contributed by atoms with E-state index in [1.807, 2.05) is 0 Å². The number of fused-ring (bicyclic) bond motifs is 1. The molecule has 41 heavy (non-hydrogen) atoms. The van der Waals surface area contributed by atoms with Crippen molar-refractivity contribution in [1.29, 1.82) is 0 Å². The Balaban J connectivity index is 1.42. The molecule has 3 aromatic rings. The quantitative estimate of drug-likeness (QED) is 0.260. The molecule has 2 aromatic carbocycles. The smallest absolute Gasteiger partial charge is 0.416 e. The molecule has 0 radical (unpaired) electrons. The number of rotatable bonds is 8. The summed E-state index contributed by atoms with van der Waals surface area (Å²) in [5.41, 5.74) is 0.490. The average molecular weight is 609 g/mol. The standard InChI is InChI=1S/C29H28ClF3N2O5S/c1-4-39-28(38)24-20-11-5-15(2)13-23(20)41-27(24)35-26(37)17-6-9-19(10-7-17)40-16(3)25(36)34-22-14-18(29(31,32)33)8-12-21(22)30/h6-10,12,14-16H,4-5,11,13H2,1-3H3,(H,34,36)(H,35,37)/t15-,16+/m0/s1. The fourth-order valence-corrected chi connectivity index (χ4v) is 5.97. The molecule has 12 heteroatoms. The van der Waals surface area contributed by atoms with Crippen LogP contribution in [0.4, 0.5) is 23.9 Å². The van der Waals surface area contributed by atoms with E-state index in [0.717, 1.165) is 47.9 Å². The van der Waals surface area contributed by atoms with Crippen molar-refractivity contribution in [3.8, 4) is 5.75 Å². The van der Waals surface area contributed by atoms with E-state index in [2.05, 4.69) is 17.6 Å². The fraction of sp³-hybridized carbons (Fsp3) is 0.345. The Morgan fingerprint density at radius 1 is 1.12 bits per heavy atom. The van der Waals surface area contributed by atoms with Gasteiger partial charge in [-0.1, -0.05) is 18.5 Å². The molecule has 2 atom stereocenters. The topological polar surface area (TPSA) is 93.7 Å². The van der Waals surface area contributed by atoms with Crippen LogP contribution in [0, 0.1) is 5.92 Å². The predicted octanol–water partition coefficient (Wildman–Crippen LogP) is 7.38. The van der Waals surface area contributed by atoms with E-state index in [1.165, 1.54) is 42.5 Å². The minimum Gasteiger partial charge on any atom is -0.481 e. The lowest BCUT2D eigenvalue weighted by molar-refractivity contribution is -0.137. The van der Waals surface area contributed by atoms with Crippen LogP contribution in [0.25, 0.3) is 0 Å². The van der Waals surface area contributed by atoms with E-state index in [4.69, 9.17) is 21.1 Å². The van der Waals surface area contributed by atoms with Crippen molar-refractivity contribution in [3.63, 3.8) is 0 Å². The van der Waals surface area contributed by atoms with Gasteiger partial charge in [0.2, 0.25) is 0 Å². The maximum atomic E-state index is 13.0. The first-order valence-corrected chi connectivity index (χ1v) is 14.1. The van der Waals surface area contributed by atoms with Crippen LogP contribution in [-0.4, -0.2) is 30.5 Å². The normalized spacial score (nSPS) is 15.4. The van der Waals surface area contributed by atoms with Crippen LogP contribution in [0.1, 0.15) is 63.9 Å². The number of anilines is 2. The molecule has 0 spiro atoms. The number of amides is 2. The molecule has 0 saturated carbocycles. The zero-order valence-corrected chi connectivity index (χ0v) is 24.1. The van der Waals surface area contributed by atoms with Gasteiger partial charge in [0.25, 0.3) is 11.8 Å². The Hall–Kier alpha value is -3.57. The van der Waals surface area contributed by atoms with Crippen LogP contribution in [-0.2, 0) is 28.5 Å².